The van der Waals surface area contributed by atoms with Crippen molar-refractivity contribution < 1.29 is 14.3 Å². The lowest BCUT2D eigenvalue weighted by molar-refractivity contribution is -0.142. The van der Waals surface area contributed by atoms with Gasteiger partial charge in [0, 0.05) is 11.8 Å². The Kier molecular flexibility index (Phi) is 7.60. The second-order valence-electron chi connectivity index (χ2n) is 8.38. The summed E-state index contributed by atoms with van der Waals surface area (Å²) in [6.07, 6.45) is 6.56. The molecule has 1 aliphatic rings. The Bertz CT molecular complexity index is 878. The summed E-state index contributed by atoms with van der Waals surface area (Å²) in [6.45, 7) is 4.16. The van der Waals surface area contributed by atoms with E-state index in [9.17, 15) is 9.59 Å². The Balaban J connectivity index is 1.75. The molecule has 0 radical (unpaired) electrons. The van der Waals surface area contributed by atoms with Gasteiger partial charge in [-0.2, -0.15) is 0 Å². The van der Waals surface area contributed by atoms with Crippen LogP contribution in [0.4, 0.5) is 5.82 Å². The summed E-state index contributed by atoms with van der Waals surface area (Å²) in [5, 5.41) is 7.02. The quantitative estimate of drug-likeness (QED) is 0.640. The first kappa shape index (κ1) is 22.0. The average molecular weight is 413 g/mol. The van der Waals surface area contributed by atoms with E-state index in [0.717, 1.165) is 23.7 Å². The topological polar surface area (TPSA) is 93.2 Å². The Morgan fingerprint density at radius 2 is 1.87 bits per heavy atom. The largest absolute Gasteiger partial charge is 0.467 e. The lowest BCUT2D eigenvalue weighted by Crippen LogP contribution is -2.36. The average Bonchev–Trinajstić information content (AvgIpc) is 2.75. The van der Waals surface area contributed by atoms with E-state index in [1.165, 1.54) is 26.4 Å². The lowest BCUT2D eigenvalue weighted by Gasteiger charge is -2.22. The Labute approximate surface area is 178 Å². The van der Waals surface area contributed by atoms with E-state index in [-0.39, 0.29) is 24.3 Å². The summed E-state index contributed by atoms with van der Waals surface area (Å²) >= 11 is 0. The van der Waals surface area contributed by atoms with E-state index in [2.05, 4.69) is 20.6 Å². The Morgan fingerprint density at radius 3 is 2.57 bits per heavy atom. The number of carbonyl (C=O) groups is 2. The molecule has 1 saturated carbocycles. The Hall–Kier alpha value is -2.70. The number of nitrogens with one attached hydrogen (secondary N) is 2. The number of nitrogens with zero attached hydrogens (tertiary/aromatic N) is 2. The van der Waals surface area contributed by atoms with Gasteiger partial charge in [0.05, 0.1) is 19.2 Å². The fourth-order valence-corrected chi connectivity index (χ4v) is 3.99. The molecule has 0 unspecified atom stereocenters. The van der Waals surface area contributed by atoms with Crippen molar-refractivity contribution in [2.24, 2.45) is 11.8 Å². The number of para-hydroxylation sites is 1. The van der Waals surface area contributed by atoms with E-state index in [1.807, 2.05) is 38.1 Å². The van der Waals surface area contributed by atoms with E-state index < -0.39 is 6.04 Å². The molecule has 7 nitrogen and oxygen atoms in total. The molecule has 0 bridgehead atoms. The number of hydrogen-bond donors (Lipinski definition) is 2. The maximum Gasteiger partial charge on any atom is 0.328 e. The number of fused-ring (bicyclic) bond motifs is 1. The number of rotatable bonds is 8. The van der Waals surface area contributed by atoms with Gasteiger partial charge >= 0.3 is 5.97 Å². The van der Waals surface area contributed by atoms with Crippen molar-refractivity contribution >= 4 is 28.6 Å². The molecule has 1 aliphatic carbocycles. The van der Waals surface area contributed by atoms with Crippen LogP contribution in [0.2, 0.25) is 0 Å². The highest BCUT2D eigenvalue weighted by Gasteiger charge is 2.24. The van der Waals surface area contributed by atoms with Gasteiger partial charge < -0.3 is 15.4 Å². The van der Waals surface area contributed by atoms with Gasteiger partial charge in [0.2, 0.25) is 5.91 Å². The van der Waals surface area contributed by atoms with Crippen molar-refractivity contribution in [1.29, 1.82) is 0 Å². The summed E-state index contributed by atoms with van der Waals surface area (Å²) in [7, 11) is 1.38. The first-order chi connectivity index (χ1) is 14.5. The normalized spacial score (nSPS) is 15.7. The Morgan fingerprint density at radius 1 is 1.13 bits per heavy atom. The van der Waals surface area contributed by atoms with E-state index in [1.54, 1.807) is 0 Å². The van der Waals surface area contributed by atoms with Gasteiger partial charge in [-0.25, -0.2) is 14.8 Å². The molecule has 0 spiro atoms. The van der Waals surface area contributed by atoms with Crippen molar-refractivity contribution in [3.8, 4) is 0 Å². The third-order valence-electron chi connectivity index (χ3n) is 5.71. The van der Waals surface area contributed by atoms with Crippen LogP contribution in [0.25, 0.3) is 10.9 Å². The third-order valence-corrected chi connectivity index (χ3v) is 5.71. The van der Waals surface area contributed by atoms with Crippen molar-refractivity contribution in [2.75, 3.05) is 12.4 Å². The molecule has 1 aromatic heterocycles. The predicted molar refractivity (Wildman–Crippen MR) is 117 cm³/mol. The number of esters is 1. The van der Waals surface area contributed by atoms with Gasteiger partial charge in [-0.05, 0) is 36.8 Å². The monoisotopic (exact) mass is 412 g/mol. The smallest absolute Gasteiger partial charge is 0.328 e. The molecule has 1 fully saturated rings. The lowest BCUT2D eigenvalue weighted by atomic mass is 9.87. The van der Waals surface area contributed by atoms with Gasteiger partial charge in [-0.15, -0.1) is 0 Å². The van der Waals surface area contributed by atoms with Gasteiger partial charge in [-0.3, -0.25) is 4.79 Å². The number of methoxy groups -OCH3 is 1. The van der Waals surface area contributed by atoms with Crippen molar-refractivity contribution in [2.45, 2.75) is 65.0 Å². The molecule has 7 heteroatoms. The molecule has 162 valence electrons. The summed E-state index contributed by atoms with van der Waals surface area (Å²) in [4.78, 5) is 33.8. The van der Waals surface area contributed by atoms with Crippen molar-refractivity contribution in [1.82, 2.24) is 15.3 Å². The van der Waals surface area contributed by atoms with E-state index >= 15 is 0 Å². The molecular formula is C23H32N4O3. The first-order valence-electron chi connectivity index (χ1n) is 10.8. The van der Waals surface area contributed by atoms with Crippen LogP contribution >= 0.6 is 0 Å². The minimum absolute atomic E-state index is 0.0184. The number of hydrogen-bond acceptors (Lipinski definition) is 6. The summed E-state index contributed by atoms with van der Waals surface area (Å²) in [5.74, 6) is 1.30. The summed E-state index contributed by atoms with van der Waals surface area (Å²) in [5.41, 5.74) is 0.763. The fourth-order valence-electron chi connectivity index (χ4n) is 3.99. The number of aromatic nitrogens is 2. The van der Waals surface area contributed by atoms with Gasteiger partial charge in [0.25, 0.3) is 0 Å². The summed E-state index contributed by atoms with van der Waals surface area (Å²) in [6, 6.07) is 7.10. The molecular weight excluding hydrogens is 380 g/mol. The van der Waals surface area contributed by atoms with Gasteiger partial charge in [0.15, 0.2) is 5.82 Å². The molecule has 1 amide bonds. The molecule has 1 aromatic carbocycles. The highest BCUT2D eigenvalue weighted by molar-refractivity contribution is 5.91. The van der Waals surface area contributed by atoms with Crippen molar-refractivity contribution in [3.63, 3.8) is 0 Å². The van der Waals surface area contributed by atoms with E-state index in [0.29, 0.717) is 24.0 Å². The minimum atomic E-state index is -0.526. The van der Waals surface area contributed by atoms with E-state index in [4.69, 9.17) is 4.74 Å². The SMILES string of the molecule is COC(=O)[C@@H](Nc1nc(CNC(=O)CC2CCCCC2)nc2ccccc12)C(C)C. The molecule has 2 aromatic rings. The second kappa shape index (κ2) is 10.4. The van der Waals surface area contributed by atoms with Gasteiger partial charge in [0.1, 0.15) is 11.9 Å². The van der Waals surface area contributed by atoms with Crippen LogP contribution in [-0.2, 0) is 20.9 Å². The zero-order chi connectivity index (χ0) is 21.5. The highest BCUT2D eigenvalue weighted by atomic mass is 16.5. The standard InChI is InChI=1S/C23H32N4O3/c1-15(2)21(23(29)30-3)27-22-17-11-7-8-12-18(17)25-19(26-22)14-24-20(28)13-16-9-5-4-6-10-16/h7-8,11-12,15-16,21H,4-6,9-10,13-14H2,1-3H3,(H,24,28)(H,25,26,27)/t21-/m0/s1. The van der Waals surface area contributed by atoms with Crippen LogP contribution in [0.15, 0.2) is 24.3 Å². The zero-order valence-corrected chi connectivity index (χ0v) is 18.1. The van der Waals surface area contributed by atoms with Crippen LogP contribution in [0.3, 0.4) is 0 Å². The molecule has 2 N–H and O–H groups in total. The zero-order valence-electron chi connectivity index (χ0n) is 18.1. The maximum absolute atomic E-state index is 12.4. The molecule has 0 aliphatic heterocycles. The molecule has 0 saturated heterocycles. The van der Waals surface area contributed by atoms with Crippen LogP contribution < -0.4 is 10.6 Å². The number of benzene rings is 1. The first-order valence-corrected chi connectivity index (χ1v) is 10.8. The number of amides is 1. The molecule has 3 rings (SSSR count). The minimum Gasteiger partial charge on any atom is -0.467 e. The highest BCUT2D eigenvalue weighted by Crippen LogP contribution is 2.26. The predicted octanol–water partition coefficient (Wildman–Crippen LogP) is 3.83. The summed E-state index contributed by atoms with van der Waals surface area (Å²) < 4.78 is 4.94. The van der Waals surface area contributed by atoms with Gasteiger partial charge in [-0.1, -0.05) is 45.2 Å². The van der Waals surface area contributed by atoms with Crippen molar-refractivity contribution in [3.05, 3.63) is 30.1 Å². The fraction of sp³-hybridized carbons (Fsp3) is 0.565. The number of anilines is 1. The van der Waals surface area contributed by atoms with Crippen LogP contribution in [0, 0.1) is 11.8 Å². The molecule has 1 heterocycles. The number of ether oxygens (including phenoxy) is 1. The second-order valence-corrected chi connectivity index (χ2v) is 8.38. The maximum atomic E-state index is 12.4. The van der Waals surface area contributed by atoms with Crippen LogP contribution in [-0.4, -0.2) is 35.0 Å². The molecule has 1 atom stereocenters. The molecule has 30 heavy (non-hydrogen) atoms. The number of carbonyl (C=O) groups excluding carboxylic acids is 2. The third kappa shape index (κ3) is 5.68. The van der Waals surface area contributed by atoms with Crippen LogP contribution in [0.1, 0.15) is 58.2 Å². The van der Waals surface area contributed by atoms with Crippen LogP contribution in [0.5, 0.6) is 0 Å².